The first-order chi connectivity index (χ1) is 17.8. The van der Waals surface area contributed by atoms with E-state index in [4.69, 9.17) is 4.74 Å². The molecule has 0 saturated carbocycles. The quantitative estimate of drug-likeness (QED) is 0.389. The first-order valence-corrected chi connectivity index (χ1v) is 12.6. The molecule has 2 aliphatic rings. The number of esters is 1. The fourth-order valence-corrected chi connectivity index (χ4v) is 4.32. The van der Waals surface area contributed by atoms with Crippen LogP contribution < -0.4 is 10.6 Å². The van der Waals surface area contributed by atoms with Gasteiger partial charge >= 0.3 is 5.97 Å². The summed E-state index contributed by atoms with van der Waals surface area (Å²) in [6.07, 6.45) is 9.13. The zero-order valence-corrected chi connectivity index (χ0v) is 21.9. The number of carbonyl (C=O) groups is 2. The van der Waals surface area contributed by atoms with Crippen LogP contribution in [0.15, 0.2) is 66.8 Å². The standard InChI is InChI=1S/C29H35N5O3/c1-20-16-23(8-9-27(20)29(36)37-26-10-14-33(3)15-11-26)28(35)32-24-7-5-6-22(17-24)21(2)30-12-13-31-25-18-34(4)19-25/h5-9,12-13,16-19,21,26H,10-11,14-15H2,1-4H3,(H2-,30,31,32,35,36). The predicted octanol–water partition coefficient (Wildman–Crippen LogP) is 4.56. The molecular formula is C29H35N5O3. The van der Waals surface area contributed by atoms with Gasteiger partial charge in [-0.3, -0.25) is 4.79 Å². The fourth-order valence-electron chi connectivity index (χ4n) is 4.32. The summed E-state index contributed by atoms with van der Waals surface area (Å²) in [5.41, 5.74) is 4.40. The molecule has 1 fully saturated rings. The third-order valence-corrected chi connectivity index (χ3v) is 6.59. The van der Waals surface area contributed by atoms with Crippen LogP contribution in [0.5, 0.6) is 0 Å². The monoisotopic (exact) mass is 501 g/mol. The largest absolute Gasteiger partial charge is 0.683 e. The summed E-state index contributed by atoms with van der Waals surface area (Å²) in [4.78, 5) is 27.8. The van der Waals surface area contributed by atoms with Gasteiger partial charge in [0.25, 0.3) is 5.91 Å². The molecule has 194 valence electrons. The fraction of sp³-hybridized carbons (Fsp3) is 0.345. The molecule has 0 bridgehead atoms. The lowest BCUT2D eigenvalue weighted by Gasteiger charge is -2.28. The summed E-state index contributed by atoms with van der Waals surface area (Å²) >= 11 is 0. The van der Waals surface area contributed by atoms with E-state index in [0.717, 1.165) is 37.2 Å². The van der Waals surface area contributed by atoms with Gasteiger partial charge in [-0.2, -0.15) is 6.20 Å². The number of nitrogens with one attached hydrogen (secondary N) is 2. The van der Waals surface area contributed by atoms with Crippen LogP contribution in [0.4, 0.5) is 5.69 Å². The van der Waals surface area contributed by atoms with Gasteiger partial charge in [0.05, 0.1) is 5.56 Å². The van der Waals surface area contributed by atoms with Crippen LogP contribution >= 0.6 is 0 Å². The van der Waals surface area contributed by atoms with Crippen molar-refractivity contribution in [2.24, 2.45) is 0 Å². The average molecular weight is 502 g/mol. The molecule has 1 unspecified atom stereocenters. The predicted molar refractivity (Wildman–Crippen MR) is 146 cm³/mol. The molecule has 2 aromatic rings. The lowest BCUT2D eigenvalue weighted by Crippen LogP contribution is -2.35. The van der Waals surface area contributed by atoms with Gasteiger partial charge in [0.15, 0.2) is 18.1 Å². The van der Waals surface area contributed by atoms with E-state index in [1.165, 1.54) is 0 Å². The smallest absolute Gasteiger partial charge is 0.338 e. The van der Waals surface area contributed by atoms with Crippen LogP contribution in [-0.2, 0) is 4.74 Å². The van der Waals surface area contributed by atoms with E-state index in [-0.39, 0.29) is 24.0 Å². The van der Waals surface area contributed by atoms with E-state index in [1.807, 2.05) is 62.2 Å². The van der Waals surface area contributed by atoms with Crippen LogP contribution in [0.25, 0.3) is 5.32 Å². The highest BCUT2D eigenvalue weighted by Gasteiger charge is 2.22. The molecule has 1 saturated heterocycles. The second-order valence-corrected chi connectivity index (χ2v) is 9.68. The average Bonchev–Trinajstić information content (AvgIpc) is 2.86. The van der Waals surface area contributed by atoms with Crippen LogP contribution in [0.1, 0.15) is 57.7 Å². The molecular weight excluding hydrogens is 466 g/mol. The number of ether oxygens (including phenoxy) is 1. The Hall–Kier alpha value is -3.91. The van der Waals surface area contributed by atoms with Gasteiger partial charge in [-0.05, 0) is 68.9 Å². The normalized spacial score (nSPS) is 16.9. The zero-order chi connectivity index (χ0) is 26.4. The molecule has 0 spiro atoms. The van der Waals surface area contributed by atoms with E-state index in [9.17, 15) is 9.59 Å². The van der Waals surface area contributed by atoms with E-state index in [2.05, 4.69) is 27.9 Å². The number of piperidine rings is 1. The third-order valence-electron chi connectivity index (χ3n) is 6.59. The van der Waals surface area contributed by atoms with Gasteiger partial charge < -0.3 is 25.6 Å². The van der Waals surface area contributed by atoms with Crippen molar-refractivity contribution >= 4 is 23.8 Å². The summed E-state index contributed by atoms with van der Waals surface area (Å²) in [5, 5.41) is 10.7. The van der Waals surface area contributed by atoms with Crippen molar-refractivity contribution in [3.8, 4) is 0 Å². The molecule has 0 radical (unpaired) electrons. The van der Waals surface area contributed by atoms with E-state index < -0.39 is 0 Å². The molecule has 4 rings (SSSR count). The van der Waals surface area contributed by atoms with Gasteiger partial charge in [0.1, 0.15) is 13.2 Å². The van der Waals surface area contributed by atoms with Crippen LogP contribution in [0, 0.1) is 6.92 Å². The number of benzene rings is 2. The molecule has 37 heavy (non-hydrogen) atoms. The number of rotatable bonds is 9. The first-order valence-electron chi connectivity index (χ1n) is 12.6. The third kappa shape index (κ3) is 7.07. The van der Waals surface area contributed by atoms with Gasteiger partial charge in [0.2, 0.25) is 0 Å². The Kier molecular flexibility index (Phi) is 8.40. The molecule has 0 aliphatic carbocycles. The highest BCUT2D eigenvalue weighted by molar-refractivity contribution is 6.05. The van der Waals surface area contributed by atoms with Gasteiger partial charge in [0, 0.05) is 24.3 Å². The molecule has 1 atom stereocenters. The van der Waals surface area contributed by atoms with Gasteiger partial charge in [-0.25, -0.2) is 9.37 Å². The Bertz CT molecular complexity index is 1240. The highest BCUT2D eigenvalue weighted by atomic mass is 16.5. The summed E-state index contributed by atoms with van der Waals surface area (Å²) in [5.74, 6) is -0.567. The van der Waals surface area contributed by atoms with Crippen molar-refractivity contribution in [2.75, 3.05) is 32.5 Å². The Morgan fingerprint density at radius 1 is 1.19 bits per heavy atom. The van der Waals surface area contributed by atoms with Crippen LogP contribution in [0.3, 0.4) is 0 Å². The Morgan fingerprint density at radius 2 is 1.95 bits per heavy atom. The number of hydrogen-bond donors (Lipinski definition) is 2. The van der Waals surface area contributed by atoms with Crippen molar-refractivity contribution in [1.29, 1.82) is 0 Å². The van der Waals surface area contributed by atoms with Crippen molar-refractivity contribution in [1.82, 2.24) is 10.2 Å². The summed E-state index contributed by atoms with van der Waals surface area (Å²) in [6.45, 7) is 5.67. The number of anilines is 1. The molecule has 0 aromatic heterocycles. The van der Waals surface area contributed by atoms with E-state index >= 15 is 0 Å². The minimum Gasteiger partial charge on any atom is -0.683 e. The summed E-state index contributed by atoms with van der Waals surface area (Å²) < 4.78 is 7.68. The van der Waals surface area contributed by atoms with Gasteiger partial charge in [-0.15, -0.1) is 0 Å². The summed E-state index contributed by atoms with van der Waals surface area (Å²) in [6, 6.07) is 12.6. The maximum Gasteiger partial charge on any atom is 0.338 e. The lowest BCUT2D eigenvalue weighted by atomic mass is 10.0. The number of hydrogen-bond acceptors (Lipinski definition) is 5. The Morgan fingerprint density at radius 3 is 2.65 bits per heavy atom. The van der Waals surface area contributed by atoms with Crippen LogP contribution in [0.2, 0.25) is 0 Å². The Balaban J connectivity index is 1.32. The maximum atomic E-state index is 12.9. The SMILES string of the molecule is Cc1cc(C(=O)Nc2cccc(C(C)[N-]C=CNC3=C[N+](C)=C3)c2)ccc1C(=O)OC1CCN(C)CC1. The second-order valence-electron chi connectivity index (χ2n) is 9.68. The van der Waals surface area contributed by atoms with Crippen molar-refractivity contribution in [3.05, 3.63) is 94.3 Å². The topological polar surface area (TPSA) is 87.8 Å². The molecule has 2 N–H and O–H groups in total. The van der Waals surface area contributed by atoms with Gasteiger partial charge in [-0.1, -0.05) is 30.7 Å². The zero-order valence-electron chi connectivity index (χ0n) is 21.9. The molecule has 1 amide bonds. The van der Waals surface area contributed by atoms with Crippen molar-refractivity contribution < 1.29 is 18.9 Å². The highest BCUT2D eigenvalue weighted by Crippen LogP contribution is 2.25. The second kappa shape index (κ2) is 11.9. The molecule has 2 heterocycles. The number of likely N-dealkylation sites (tertiary alicyclic amines) is 1. The molecule has 8 nitrogen and oxygen atoms in total. The number of carbonyl (C=O) groups excluding carboxylic acids is 2. The molecule has 2 aromatic carbocycles. The number of amides is 1. The minimum absolute atomic E-state index is 0.0557. The number of aryl methyl sites for hydroxylation is 1. The molecule has 2 aliphatic heterocycles. The molecule has 8 heteroatoms. The van der Waals surface area contributed by atoms with Crippen LogP contribution in [-0.4, -0.2) is 60.9 Å². The number of allylic oxidation sites excluding steroid dienone is 1. The Labute approximate surface area is 218 Å². The van der Waals surface area contributed by atoms with Crippen molar-refractivity contribution in [2.45, 2.75) is 38.8 Å². The van der Waals surface area contributed by atoms with Crippen molar-refractivity contribution in [3.63, 3.8) is 0 Å². The van der Waals surface area contributed by atoms with E-state index in [1.54, 1.807) is 30.6 Å². The maximum absolute atomic E-state index is 12.9. The van der Waals surface area contributed by atoms with E-state index in [0.29, 0.717) is 22.4 Å². The number of nitrogens with zero attached hydrogens (tertiary/aromatic N) is 3. The summed E-state index contributed by atoms with van der Waals surface area (Å²) in [7, 11) is 4.04. The first kappa shape index (κ1) is 26.2. The lowest BCUT2D eigenvalue weighted by molar-refractivity contribution is -0.429. The minimum atomic E-state index is -0.330.